The molecule has 0 spiro atoms. The van der Waals surface area contributed by atoms with Crippen LogP contribution in [0.15, 0.2) is 18.6 Å². The molecule has 2 aromatic rings. The van der Waals surface area contributed by atoms with E-state index in [0.29, 0.717) is 6.04 Å². The Balaban J connectivity index is 1.77. The van der Waals surface area contributed by atoms with Crippen molar-refractivity contribution in [3.05, 3.63) is 18.6 Å². The lowest BCUT2D eigenvalue weighted by Crippen LogP contribution is -2.39. The van der Waals surface area contributed by atoms with Crippen molar-refractivity contribution in [3.8, 4) is 0 Å². The van der Waals surface area contributed by atoms with Gasteiger partial charge < -0.3 is 19.5 Å². The first-order valence-corrected chi connectivity index (χ1v) is 7.53. The van der Waals surface area contributed by atoms with E-state index in [4.69, 9.17) is 4.74 Å². The maximum atomic E-state index is 5.08. The molecule has 1 N–H and O–H groups in total. The van der Waals surface area contributed by atoms with Crippen LogP contribution in [-0.4, -0.2) is 53.9 Å². The van der Waals surface area contributed by atoms with Gasteiger partial charge in [0.25, 0.3) is 0 Å². The quantitative estimate of drug-likeness (QED) is 0.809. The summed E-state index contributed by atoms with van der Waals surface area (Å²) < 4.78 is 7.12. The monoisotopic (exact) mass is 289 g/mol. The molecule has 114 valence electrons. The molecule has 1 aliphatic heterocycles. The molecule has 0 aliphatic carbocycles. The van der Waals surface area contributed by atoms with Crippen molar-refractivity contribution in [1.82, 2.24) is 19.9 Å². The molecular weight excluding hydrogens is 266 g/mol. The number of methoxy groups -OCH3 is 1. The molecule has 6 nitrogen and oxygen atoms in total. The number of ether oxygens (including phenoxy) is 1. The Bertz CT molecular complexity index is 597. The van der Waals surface area contributed by atoms with Crippen LogP contribution < -0.4 is 10.2 Å². The summed E-state index contributed by atoms with van der Waals surface area (Å²) in [6.07, 6.45) is 6.15. The number of hydrogen-bond acceptors (Lipinski definition) is 5. The van der Waals surface area contributed by atoms with E-state index in [1.165, 1.54) is 12.8 Å². The summed E-state index contributed by atoms with van der Waals surface area (Å²) in [5, 5.41) is 3.46. The maximum absolute atomic E-state index is 5.08. The van der Waals surface area contributed by atoms with Gasteiger partial charge in [-0.15, -0.1) is 0 Å². The minimum atomic E-state index is 0.488. The number of pyridine rings is 1. The number of imidazole rings is 1. The van der Waals surface area contributed by atoms with Gasteiger partial charge in [0.2, 0.25) is 0 Å². The van der Waals surface area contributed by atoms with Crippen molar-refractivity contribution >= 4 is 16.9 Å². The lowest BCUT2D eigenvalue weighted by atomic mass is 10.2. The SMILES string of the molecule is COCCNCC1CCCN1c1nccc2c1ncn2C. The van der Waals surface area contributed by atoms with Crippen molar-refractivity contribution < 1.29 is 4.74 Å². The van der Waals surface area contributed by atoms with Gasteiger partial charge in [-0.2, -0.15) is 0 Å². The van der Waals surface area contributed by atoms with Crippen molar-refractivity contribution in [2.75, 3.05) is 38.3 Å². The van der Waals surface area contributed by atoms with Gasteiger partial charge in [-0.3, -0.25) is 0 Å². The van der Waals surface area contributed by atoms with Crippen LogP contribution >= 0.6 is 0 Å². The molecule has 1 aliphatic rings. The van der Waals surface area contributed by atoms with Crippen molar-refractivity contribution in [3.63, 3.8) is 0 Å². The van der Waals surface area contributed by atoms with Gasteiger partial charge in [-0.25, -0.2) is 9.97 Å². The summed E-state index contributed by atoms with van der Waals surface area (Å²) in [6.45, 7) is 3.66. The Morgan fingerprint density at radius 3 is 3.19 bits per heavy atom. The third-order valence-corrected chi connectivity index (χ3v) is 4.14. The predicted octanol–water partition coefficient (Wildman–Crippen LogP) is 1.17. The topological polar surface area (TPSA) is 55.2 Å². The molecule has 1 unspecified atom stereocenters. The Morgan fingerprint density at radius 1 is 1.43 bits per heavy atom. The number of fused-ring (bicyclic) bond motifs is 1. The normalized spacial score (nSPS) is 18.8. The van der Waals surface area contributed by atoms with Crippen LogP contribution in [0, 0.1) is 0 Å². The van der Waals surface area contributed by atoms with Gasteiger partial charge in [0.05, 0.1) is 18.5 Å². The fourth-order valence-electron chi connectivity index (χ4n) is 3.03. The third-order valence-electron chi connectivity index (χ3n) is 4.14. The molecule has 0 radical (unpaired) electrons. The highest BCUT2D eigenvalue weighted by atomic mass is 16.5. The summed E-state index contributed by atoms with van der Waals surface area (Å²) in [7, 11) is 3.75. The summed E-state index contributed by atoms with van der Waals surface area (Å²) in [5.41, 5.74) is 2.14. The standard InChI is InChI=1S/C15H23N5O/c1-19-11-18-14-13(19)5-6-17-15(14)20-8-3-4-12(20)10-16-7-9-21-2/h5-6,11-12,16H,3-4,7-10H2,1-2H3. The lowest BCUT2D eigenvalue weighted by Gasteiger charge is -2.26. The fraction of sp³-hybridized carbons (Fsp3) is 0.600. The summed E-state index contributed by atoms with van der Waals surface area (Å²) >= 11 is 0. The van der Waals surface area contributed by atoms with E-state index >= 15 is 0 Å². The molecule has 3 rings (SSSR count). The van der Waals surface area contributed by atoms with Crippen molar-refractivity contribution in [2.24, 2.45) is 7.05 Å². The van der Waals surface area contributed by atoms with Crippen LogP contribution in [0.25, 0.3) is 11.0 Å². The summed E-state index contributed by atoms with van der Waals surface area (Å²) in [4.78, 5) is 11.5. The molecule has 1 atom stereocenters. The summed E-state index contributed by atoms with van der Waals surface area (Å²) in [6, 6.07) is 2.51. The van der Waals surface area contributed by atoms with Gasteiger partial charge in [0, 0.05) is 46.0 Å². The van der Waals surface area contributed by atoms with Crippen LogP contribution in [0.4, 0.5) is 5.82 Å². The first-order chi connectivity index (χ1) is 10.3. The molecule has 6 heteroatoms. The van der Waals surface area contributed by atoms with Gasteiger partial charge in [-0.1, -0.05) is 0 Å². The van der Waals surface area contributed by atoms with Crippen LogP contribution in [0.3, 0.4) is 0 Å². The number of hydrogen-bond donors (Lipinski definition) is 1. The van der Waals surface area contributed by atoms with Crippen LogP contribution in [0.5, 0.6) is 0 Å². The minimum absolute atomic E-state index is 0.488. The molecule has 1 saturated heterocycles. The van der Waals surface area contributed by atoms with E-state index in [2.05, 4.69) is 20.2 Å². The Labute approximate surface area is 125 Å². The van der Waals surface area contributed by atoms with Gasteiger partial charge in [-0.05, 0) is 18.9 Å². The first-order valence-electron chi connectivity index (χ1n) is 7.53. The number of nitrogens with zero attached hydrogens (tertiary/aromatic N) is 4. The second-order valence-electron chi connectivity index (χ2n) is 5.54. The van der Waals surface area contributed by atoms with E-state index in [9.17, 15) is 0 Å². The number of anilines is 1. The van der Waals surface area contributed by atoms with Crippen LogP contribution in [0.1, 0.15) is 12.8 Å². The largest absolute Gasteiger partial charge is 0.383 e. The fourth-order valence-corrected chi connectivity index (χ4v) is 3.03. The van der Waals surface area contributed by atoms with Gasteiger partial charge >= 0.3 is 0 Å². The molecule has 0 bridgehead atoms. The first kappa shape index (κ1) is 14.3. The van der Waals surface area contributed by atoms with E-state index < -0.39 is 0 Å². The minimum Gasteiger partial charge on any atom is -0.383 e. The Kier molecular flexibility index (Phi) is 4.36. The van der Waals surface area contributed by atoms with Crippen LogP contribution in [-0.2, 0) is 11.8 Å². The van der Waals surface area contributed by atoms with E-state index in [1.807, 2.05) is 30.2 Å². The summed E-state index contributed by atoms with van der Waals surface area (Å²) in [5.74, 6) is 1.02. The van der Waals surface area contributed by atoms with Crippen molar-refractivity contribution in [2.45, 2.75) is 18.9 Å². The molecule has 0 saturated carbocycles. The van der Waals surface area contributed by atoms with E-state index in [0.717, 1.165) is 43.1 Å². The molecule has 0 aromatic carbocycles. The zero-order valence-corrected chi connectivity index (χ0v) is 12.7. The molecule has 3 heterocycles. The third kappa shape index (κ3) is 2.87. The van der Waals surface area contributed by atoms with Crippen molar-refractivity contribution in [1.29, 1.82) is 0 Å². The average Bonchev–Trinajstić information content (AvgIpc) is 3.11. The molecule has 2 aromatic heterocycles. The smallest absolute Gasteiger partial charge is 0.157 e. The van der Waals surface area contributed by atoms with Crippen LogP contribution in [0.2, 0.25) is 0 Å². The highest BCUT2D eigenvalue weighted by Gasteiger charge is 2.27. The van der Waals surface area contributed by atoms with E-state index in [1.54, 1.807) is 7.11 Å². The highest BCUT2D eigenvalue weighted by molar-refractivity contribution is 5.86. The zero-order chi connectivity index (χ0) is 14.7. The lowest BCUT2D eigenvalue weighted by molar-refractivity contribution is 0.199. The second kappa shape index (κ2) is 6.41. The van der Waals surface area contributed by atoms with Gasteiger partial charge in [0.1, 0.15) is 5.52 Å². The zero-order valence-electron chi connectivity index (χ0n) is 12.7. The highest BCUT2D eigenvalue weighted by Crippen LogP contribution is 2.28. The number of aryl methyl sites for hydroxylation is 1. The average molecular weight is 289 g/mol. The second-order valence-corrected chi connectivity index (χ2v) is 5.54. The number of aromatic nitrogens is 3. The molecule has 1 fully saturated rings. The Hall–Kier alpha value is -1.66. The number of rotatable bonds is 6. The van der Waals surface area contributed by atoms with Gasteiger partial charge in [0.15, 0.2) is 5.82 Å². The maximum Gasteiger partial charge on any atom is 0.157 e. The molecule has 21 heavy (non-hydrogen) atoms. The number of nitrogens with one attached hydrogen (secondary N) is 1. The predicted molar refractivity (Wildman–Crippen MR) is 83.6 cm³/mol. The van der Waals surface area contributed by atoms with E-state index in [-0.39, 0.29) is 0 Å². The Morgan fingerprint density at radius 2 is 2.33 bits per heavy atom. The molecular formula is C15H23N5O. The molecule has 0 amide bonds.